The van der Waals surface area contributed by atoms with Gasteiger partial charge < -0.3 is 34.7 Å². The van der Waals surface area contributed by atoms with Gasteiger partial charge in [-0.1, -0.05) is 0 Å². The molecular formula is C24H24F2N6O5. The minimum Gasteiger partial charge on any atom is -0.480 e. The molecule has 1 aliphatic carbocycles. The highest BCUT2D eigenvalue weighted by Gasteiger charge is 2.45. The van der Waals surface area contributed by atoms with E-state index in [1.165, 1.54) is 4.57 Å². The molecule has 2 aliphatic heterocycles. The van der Waals surface area contributed by atoms with Crippen molar-refractivity contribution in [2.24, 2.45) is 0 Å². The van der Waals surface area contributed by atoms with Gasteiger partial charge in [-0.05, 0) is 31.4 Å². The molecule has 0 radical (unpaired) electrons. The number of nitrogens with zero attached hydrogens (tertiary/aromatic N) is 4. The molecule has 1 aromatic carbocycles. The Bertz CT molecular complexity index is 1430. The van der Waals surface area contributed by atoms with E-state index in [0.29, 0.717) is 36.8 Å². The number of aliphatic hydroxyl groups excluding tert-OH is 1. The van der Waals surface area contributed by atoms with Crippen LogP contribution < -0.4 is 25.8 Å². The van der Waals surface area contributed by atoms with Crippen LogP contribution in [0, 0.1) is 11.6 Å². The summed E-state index contributed by atoms with van der Waals surface area (Å²) in [4.78, 5) is 34.1. The normalized spacial score (nSPS) is 24.9. The highest BCUT2D eigenvalue weighted by Crippen LogP contribution is 2.38. The number of hydrogen-bond acceptors (Lipinski definition) is 9. The highest BCUT2D eigenvalue weighted by molar-refractivity contribution is 5.94. The quantitative estimate of drug-likeness (QED) is 0.458. The van der Waals surface area contributed by atoms with Gasteiger partial charge in [-0.15, -0.1) is 0 Å². The van der Waals surface area contributed by atoms with Gasteiger partial charge in [-0.3, -0.25) is 9.59 Å². The Morgan fingerprint density at radius 1 is 1.19 bits per heavy atom. The first-order valence-corrected chi connectivity index (χ1v) is 12.0. The van der Waals surface area contributed by atoms with Crippen molar-refractivity contribution in [3.8, 4) is 5.75 Å². The fourth-order valence-electron chi connectivity index (χ4n) is 5.30. The Kier molecular flexibility index (Phi) is 5.97. The molecule has 4 atom stereocenters. The molecule has 3 aromatic rings. The molecule has 1 saturated carbocycles. The predicted octanol–water partition coefficient (Wildman–Crippen LogP) is 1.09. The minimum absolute atomic E-state index is 0.0653. The van der Waals surface area contributed by atoms with Gasteiger partial charge in [0.1, 0.15) is 5.82 Å². The number of nitrogens with one attached hydrogen (secondary N) is 2. The topological polar surface area (TPSA) is 131 Å². The van der Waals surface area contributed by atoms with E-state index in [4.69, 9.17) is 9.47 Å². The molecule has 1 unspecified atom stereocenters. The maximum absolute atomic E-state index is 13.8. The molecule has 3 aliphatic rings. The van der Waals surface area contributed by atoms with Crippen molar-refractivity contribution in [3.05, 3.63) is 52.5 Å². The summed E-state index contributed by atoms with van der Waals surface area (Å²) in [5.41, 5.74) is 0.0318. The van der Waals surface area contributed by atoms with Gasteiger partial charge in [0.2, 0.25) is 6.41 Å². The SMILES string of the molecule is O=C1COc2ccc(N3C(O)O[C@H]4C[C@@H](NCCn5c(=O)cnc6cc(F)c(F)cc65)CC[C@@H]43)nc2N1. The van der Waals surface area contributed by atoms with Crippen LogP contribution in [0.3, 0.4) is 0 Å². The second-order valence-electron chi connectivity index (χ2n) is 9.30. The van der Waals surface area contributed by atoms with Crippen molar-refractivity contribution in [3.63, 3.8) is 0 Å². The largest absolute Gasteiger partial charge is 0.480 e. The second-order valence-corrected chi connectivity index (χ2v) is 9.30. The molecule has 13 heteroatoms. The summed E-state index contributed by atoms with van der Waals surface area (Å²) >= 11 is 0. The van der Waals surface area contributed by atoms with Gasteiger partial charge in [0.15, 0.2) is 29.8 Å². The van der Waals surface area contributed by atoms with Crippen LogP contribution in [-0.4, -0.2) is 63.3 Å². The lowest BCUT2D eigenvalue weighted by molar-refractivity contribution is -0.118. The average Bonchev–Trinajstić information content (AvgIpc) is 3.21. The van der Waals surface area contributed by atoms with Crippen LogP contribution in [-0.2, 0) is 16.1 Å². The fourth-order valence-corrected chi connectivity index (χ4v) is 5.30. The molecule has 3 N–H and O–H groups in total. The standard InChI is InChI=1S/C24H24F2N6O5/c25-13-8-15-17(9-14(13)26)31(22(34)10-28-15)6-5-27-12-1-2-16-19(7-12)37-24(35)32(16)20-4-3-18-23(29-20)30-21(33)11-36-18/h3-4,8-10,12,16,19,24,27,35H,1-2,5-7,11H2,(H,29,30,33)/t12-,16-,19-,24?/m0/s1. The molecule has 37 heavy (non-hydrogen) atoms. The zero-order valence-electron chi connectivity index (χ0n) is 19.6. The monoisotopic (exact) mass is 514 g/mol. The van der Waals surface area contributed by atoms with Crippen LogP contribution in [0.15, 0.2) is 35.3 Å². The Labute approximate surface area is 209 Å². The zero-order valence-corrected chi connectivity index (χ0v) is 19.6. The minimum atomic E-state index is -1.18. The number of benzene rings is 1. The summed E-state index contributed by atoms with van der Waals surface area (Å²) in [6.45, 7) is 0.596. The fraction of sp³-hybridized carbons (Fsp3) is 0.417. The third-order valence-electron chi connectivity index (χ3n) is 7.03. The summed E-state index contributed by atoms with van der Waals surface area (Å²) in [6.07, 6.45) is 1.77. The molecule has 194 valence electrons. The summed E-state index contributed by atoms with van der Waals surface area (Å²) in [5, 5.41) is 16.7. The van der Waals surface area contributed by atoms with Gasteiger partial charge in [0.25, 0.3) is 11.5 Å². The van der Waals surface area contributed by atoms with E-state index in [2.05, 4.69) is 20.6 Å². The van der Waals surface area contributed by atoms with Crippen LogP contribution >= 0.6 is 0 Å². The van der Waals surface area contributed by atoms with Crippen LogP contribution in [0.1, 0.15) is 19.3 Å². The van der Waals surface area contributed by atoms with Crippen molar-refractivity contribution in [2.75, 3.05) is 23.4 Å². The summed E-state index contributed by atoms with van der Waals surface area (Å²) in [5.74, 6) is -1.10. The number of carbonyl (C=O) groups excluding carboxylic acids is 1. The summed E-state index contributed by atoms with van der Waals surface area (Å²) < 4.78 is 39.9. The zero-order chi connectivity index (χ0) is 25.7. The van der Waals surface area contributed by atoms with Crippen LogP contribution in [0.5, 0.6) is 5.75 Å². The Hall–Kier alpha value is -3.68. The third-order valence-corrected chi connectivity index (χ3v) is 7.03. The summed E-state index contributed by atoms with van der Waals surface area (Å²) in [6, 6.07) is 5.34. The molecule has 4 heterocycles. The second kappa shape index (κ2) is 9.32. The lowest BCUT2D eigenvalue weighted by Crippen LogP contribution is -2.47. The first-order valence-electron chi connectivity index (χ1n) is 12.0. The van der Waals surface area contributed by atoms with E-state index < -0.39 is 23.6 Å². The molecule has 0 spiro atoms. The van der Waals surface area contributed by atoms with Gasteiger partial charge in [-0.2, -0.15) is 0 Å². The number of hydrogen-bond donors (Lipinski definition) is 3. The van der Waals surface area contributed by atoms with Crippen LogP contribution in [0.25, 0.3) is 11.0 Å². The number of carbonyl (C=O) groups is 1. The first-order chi connectivity index (χ1) is 17.9. The maximum atomic E-state index is 13.8. The number of aromatic nitrogens is 3. The predicted molar refractivity (Wildman–Crippen MR) is 127 cm³/mol. The van der Waals surface area contributed by atoms with Crippen molar-refractivity contribution in [1.82, 2.24) is 19.9 Å². The van der Waals surface area contributed by atoms with E-state index in [0.717, 1.165) is 24.8 Å². The molecule has 1 amide bonds. The summed E-state index contributed by atoms with van der Waals surface area (Å²) in [7, 11) is 0. The maximum Gasteiger partial charge on any atom is 0.269 e. The van der Waals surface area contributed by atoms with E-state index in [1.807, 2.05) is 0 Å². The number of anilines is 2. The molecule has 2 fully saturated rings. The van der Waals surface area contributed by atoms with Crippen molar-refractivity contribution >= 4 is 28.6 Å². The van der Waals surface area contributed by atoms with E-state index in [-0.39, 0.29) is 48.3 Å². The van der Waals surface area contributed by atoms with Gasteiger partial charge >= 0.3 is 0 Å². The highest BCUT2D eigenvalue weighted by atomic mass is 19.2. The van der Waals surface area contributed by atoms with E-state index in [1.54, 1.807) is 17.0 Å². The molecule has 6 rings (SSSR count). The number of fused-ring (bicyclic) bond motifs is 3. The first kappa shape index (κ1) is 23.7. The average molecular weight is 514 g/mol. The molecule has 1 saturated heterocycles. The van der Waals surface area contributed by atoms with Crippen LogP contribution in [0.2, 0.25) is 0 Å². The molecule has 0 bridgehead atoms. The number of pyridine rings is 1. The Morgan fingerprint density at radius 3 is 2.89 bits per heavy atom. The number of amides is 1. The number of ether oxygens (including phenoxy) is 2. The van der Waals surface area contributed by atoms with Crippen molar-refractivity contribution in [1.29, 1.82) is 0 Å². The van der Waals surface area contributed by atoms with Crippen LogP contribution in [0.4, 0.5) is 20.4 Å². The lowest BCUT2D eigenvalue weighted by atomic mass is 9.88. The van der Waals surface area contributed by atoms with Crippen molar-refractivity contribution < 1.29 is 28.2 Å². The third kappa shape index (κ3) is 4.38. The molecule has 11 nitrogen and oxygen atoms in total. The number of aliphatic hydroxyl groups is 1. The van der Waals surface area contributed by atoms with Gasteiger partial charge in [-0.25, -0.2) is 18.7 Å². The van der Waals surface area contributed by atoms with E-state index in [9.17, 15) is 23.5 Å². The lowest BCUT2D eigenvalue weighted by Gasteiger charge is -2.35. The number of rotatable bonds is 5. The number of halogens is 2. The molecular weight excluding hydrogens is 490 g/mol. The molecule has 2 aromatic heterocycles. The Morgan fingerprint density at radius 2 is 2.03 bits per heavy atom. The van der Waals surface area contributed by atoms with E-state index >= 15 is 0 Å². The van der Waals surface area contributed by atoms with Gasteiger partial charge in [0.05, 0.1) is 29.4 Å². The Balaban J connectivity index is 1.11. The van der Waals surface area contributed by atoms with Gasteiger partial charge in [0, 0.05) is 31.3 Å². The van der Waals surface area contributed by atoms with Crippen molar-refractivity contribution in [2.45, 2.75) is 50.4 Å². The smallest absolute Gasteiger partial charge is 0.269 e.